The largest absolute Gasteiger partial charge is 0.504 e. The highest BCUT2D eigenvalue weighted by atomic mass is 19.1. The summed E-state index contributed by atoms with van der Waals surface area (Å²) < 4.78 is 36.0. The zero-order valence-electron chi connectivity index (χ0n) is 16.7. The van der Waals surface area contributed by atoms with Crippen LogP contribution < -0.4 is 4.74 Å². The first kappa shape index (κ1) is 17.3. The summed E-state index contributed by atoms with van der Waals surface area (Å²) in [6, 6.07) is 3.56. The molecule has 5 nitrogen and oxygen atoms in total. The number of hydrogen-bond acceptors (Lipinski definition) is 5. The van der Waals surface area contributed by atoms with Gasteiger partial charge in [-0.2, -0.15) is 0 Å². The van der Waals surface area contributed by atoms with Crippen LogP contribution in [0.15, 0.2) is 12.1 Å². The Bertz CT molecular complexity index is 882. The Morgan fingerprint density at radius 3 is 2.72 bits per heavy atom. The smallest absolute Gasteiger partial charge is 0.207 e. The van der Waals surface area contributed by atoms with Crippen LogP contribution in [-0.4, -0.2) is 59.9 Å². The number of hydrogen-bond donors (Lipinski definition) is 1. The number of alkyl halides is 1. The molecule has 2 spiro atoms. The Labute approximate surface area is 170 Å². The zero-order chi connectivity index (χ0) is 19.4. The topological polar surface area (TPSA) is 51.2 Å². The van der Waals surface area contributed by atoms with Gasteiger partial charge >= 0.3 is 0 Å². The average Bonchev–Trinajstić information content (AvgIpc) is 3.28. The molecular weight excluding hydrogens is 373 g/mol. The Balaban J connectivity index is 1.41. The van der Waals surface area contributed by atoms with E-state index in [9.17, 15) is 5.11 Å². The van der Waals surface area contributed by atoms with Crippen LogP contribution in [0.4, 0.5) is 4.39 Å². The summed E-state index contributed by atoms with van der Waals surface area (Å²) in [4.78, 5) is 2.44. The molecule has 6 aliphatic rings. The quantitative estimate of drug-likeness (QED) is 0.826. The Morgan fingerprint density at radius 2 is 1.97 bits per heavy atom. The monoisotopic (exact) mass is 401 g/mol. The molecular formula is C23H28FNO4. The Kier molecular flexibility index (Phi) is 3.26. The van der Waals surface area contributed by atoms with Gasteiger partial charge in [-0.05, 0) is 56.2 Å². The molecule has 6 heteroatoms. The Morgan fingerprint density at radius 1 is 1.14 bits per heavy atom. The van der Waals surface area contributed by atoms with Gasteiger partial charge in [-0.1, -0.05) is 12.5 Å². The van der Waals surface area contributed by atoms with Gasteiger partial charge in [-0.3, -0.25) is 4.90 Å². The fourth-order valence-corrected chi connectivity index (χ4v) is 7.53. The van der Waals surface area contributed by atoms with Crippen LogP contribution in [0.2, 0.25) is 0 Å². The third-order valence-corrected chi connectivity index (χ3v) is 9.00. The predicted octanol–water partition coefficient (Wildman–Crippen LogP) is 3.07. The molecule has 3 aliphatic heterocycles. The summed E-state index contributed by atoms with van der Waals surface area (Å²) in [6.45, 7) is 2.91. The normalized spacial score (nSPS) is 41.8. The van der Waals surface area contributed by atoms with Crippen molar-refractivity contribution < 1.29 is 23.7 Å². The van der Waals surface area contributed by atoms with E-state index >= 15 is 4.39 Å². The molecule has 1 N–H and O–H groups in total. The molecule has 4 fully saturated rings. The lowest BCUT2D eigenvalue weighted by Gasteiger charge is -2.64. The highest BCUT2D eigenvalue weighted by Gasteiger charge is 2.78. The van der Waals surface area contributed by atoms with Crippen LogP contribution in [-0.2, 0) is 21.3 Å². The lowest BCUT2D eigenvalue weighted by molar-refractivity contribution is -0.283. The van der Waals surface area contributed by atoms with E-state index in [1.807, 2.05) is 6.07 Å². The number of ether oxygens (including phenoxy) is 3. The van der Waals surface area contributed by atoms with Gasteiger partial charge < -0.3 is 19.3 Å². The summed E-state index contributed by atoms with van der Waals surface area (Å²) >= 11 is 0. The van der Waals surface area contributed by atoms with Crippen LogP contribution in [0.5, 0.6) is 11.5 Å². The van der Waals surface area contributed by atoms with Crippen molar-refractivity contribution in [1.82, 2.24) is 4.90 Å². The van der Waals surface area contributed by atoms with Crippen LogP contribution in [0, 0.1) is 5.92 Å². The molecule has 2 saturated carbocycles. The van der Waals surface area contributed by atoms with Gasteiger partial charge in [0.25, 0.3) is 0 Å². The molecule has 2 saturated heterocycles. The number of rotatable bonds is 2. The number of likely N-dealkylation sites (tertiary alicyclic amines) is 1. The Hall–Kier alpha value is -1.37. The molecule has 2 bridgehead atoms. The fraction of sp³-hybridized carbons (Fsp3) is 0.739. The summed E-state index contributed by atoms with van der Waals surface area (Å²) in [7, 11) is 0. The molecule has 1 unspecified atom stereocenters. The van der Waals surface area contributed by atoms with E-state index in [2.05, 4.69) is 4.90 Å². The number of aromatic hydroxyl groups is 1. The van der Waals surface area contributed by atoms with Crippen molar-refractivity contribution in [3.8, 4) is 11.5 Å². The number of benzene rings is 1. The highest BCUT2D eigenvalue weighted by Crippen LogP contribution is 2.69. The van der Waals surface area contributed by atoms with Crippen molar-refractivity contribution in [2.75, 3.05) is 26.3 Å². The van der Waals surface area contributed by atoms with Gasteiger partial charge in [0.15, 0.2) is 17.6 Å². The molecule has 0 aromatic heterocycles. The van der Waals surface area contributed by atoms with Crippen molar-refractivity contribution >= 4 is 0 Å². The van der Waals surface area contributed by atoms with Crippen LogP contribution in [0.3, 0.4) is 0 Å². The van der Waals surface area contributed by atoms with Gasteiger partial charge in [-0.25, -0.2) is 4.39 Å². The molecule has 7 rings (SSSR count). The predicted molar refractivity (Wildman–Crippen MR) is 103 cm³/mol. The van der Waals surface area contributed by atoms with E-state index in [1.165, 1.54) is 19.3 Å². The number of piperidine rings is 1. The molecule has 29 heavy (non-hydrogen) atoms. The number of phenolic OH excluding ortho intramolecular Hbond substituents is 1. The number of halogens is 1. The van der Waals surface area contributed by atoms with Crippen molar-refractivity contribution in [2.45, 2.75) is 74.0 Å². The second kappa shape index (κ2) is 5.45. The van der Waals surface area contributed by atoms with E-state index in [1.54, 1.807) is 6.07 Å². The van der Waals surface area contributed by atoms with Gasteiger partial charge in [0.05, 0.1) is 18.6 Å². The van der Waals surface area contributed by atoms with E-state index in [0.717, 1.165) is 30.1 Å². The summed E-state index contributed by atoms with van der Waals surface area (Å²) in [5, 5.41) is 10.6. The average molecular weight is 401 g/mol. The highest BCUT2D eigenvalue weighted by molar-refractivity contribution is 5.62. The third-order valence-electron chi connectivity index (χ3n) is 9.00. The third kappa shape index (κ3) is 1.88. The lowest BCUT2D eigenvalue weighted by Crippen LogP contribution is -2.78. The maximum atomic E-state index is 17.4. The van der Waals surface area contributed by atoms with Crippen LogP contribution in [0.1, 0.15) is 49.7 Å². The molecule has 156 valence electrons. The maximum absolute atomic E-state index is 17.4. The summed E-state index contributed by atoms with van der Waals surface area (Å²) in [6.07, 6.45) is 5.64. The minimum absolute atomic E-state index is 0.110. The zero-order valence-corrected chi connectivity index (χ0v) is 16.7. The van der Waals surface area contributed by atoms with Crippen molar-refractivity contribution in [2.24, 2.45) is 5.92 Å². The first-order valence-electron chi connectivity index (χ1n) is 11.3. The number of nitrogens with zero attached hydrogens (tertiary/aromatic N) is 1. The standard InChI is InChI=1S/C23H28FNO4/c24-22-6-7-23(27-10-11-28-23)20-21(22)8-9-25(13-14-2-1-3-14)17(22)12-15-4-5-16(26)19(29-20)18(15)21/h4-5,14,17,20,26H,1-3,6-13H2/t17-,20?,21+,22-/m1/s1. The van der Waals surface area contributed by atoms with Crippen molar-refractivity contribution in [3.63, 3.8) is 0 Å². The van der Waals surface area contributed by atoms with E-state index in [4.69, 9.17) is 14.2 Å². The van der Waals surface area contributed by atoms with E-state index in [0.29, 0.717) is 44.6 Å². The first-order chi connectivity index (χ1) is 14.1. The molecule has 1 aromatic carbocycles. The van der Waals surface area contributed by atoms with Crippen LogP contribution in [0.25, 0.3) is 0 Å². The van der Waals surface area contributed by atoms with Gasteiger partial charge in [0.1, 0.15) is 5.67 Å². The minimum atomic E-state index is -1.38. The van der Waals surface area contributed by atoms with Crippen molar-refractivity contribution in [3.05, 3.63) is 23.3 Å². The van der Waals surface area contributed by atoms with Gasteiger partial charge in [0.2, 0.25) is 5.79 Å². The van der Waals surface area contributed by atoms with Crippen LogP contribution >= 0.6 is 0 Å². The van der Waals surface area contributed by atoms with E-state index in [-0.39, 0.29) is 11.8 Å². The lowest BCUT2D eigenvalue weighted by atomic mass is 9.49. The molecule has 0 amide bonds. The molecule has 4 atom stereocenters. The minimum Gasteiger partial charge on any atom is -0.504 e. The molecule has 3 heterocycles. The van der Waals surface area contributed by atoms with Gasteiger partial charge in [-0.15, -0.1) is 0 Å². The second-order valence-electron chi connectivity index (χ2n) is 10.1. The molecule has 0 radical (unpaired) electrons. The summed E-state index contributed by atoms with van der Waals surface area (Å²) in [5.74, 6) is 0.409. The maximum Gasteiger partial charge on any atom is 0.207 e. The number of fused-ring (bicyclic) bond motifs is 1. The SMILES string of the molecule is Oc1ccc2c3c1OC1C4(CC[C@@]5(F)[C@@H](C2)N(CC2CCC2)CC[C@]315)OCCO4. The molecule has 1 aromatic rings. The first-order valence-corrected chi connectivity index (χ1v) is 11.3. The fourth-order valence-electron chi connectivity index (χ4n) is 7.53. The van der Waals surface area contributed by atoms with Gasteiger partial charge in [0, 0.05) is 24.6 Å². The summed E-state index contributed by atoms with van der Waals surface area (Å²) in [5.41, 5.74) is -0.140. The second-order valence-corrected chi connectivity index (χ2v) is 10.1. The number of phenols is 1. The molecule has 3 aliphatic carbocycles. The van der Waals surface area contributed by atoms with E-state index < -0.39 is 23.0 Å². The van der Waals surface area contributed by atoms with Crippen molar-refractivity contribution in [1.29, 1.82) is 0 Å².